The zero-order valence-corrected chi connectivity index (χ0v) is 6.73. The molecule has 0 aromatic heterocycles. The van der Waals surface area contributed by atoms with E-state index in [-0.39, 0.29) is 5.75 Å². The molecule has 0 aliphatic heterocycles. The molecular weight excluding hydrogens is 166 g/mol. The highest BCUT2D eigenvalue weighted by atomic mass is 32.2. The van der Waals surface area contributed by atoms with E-state index in [1.165, 1.54) is 6.08 Å². The number of amides is 1. The van der Waals surface area contributed by atoms with Gasteiger partial charge in [0.05, 0.1) is 5.75 Å². The third kappa shape index (κ3) is 2.55. The Labute approximate surface area is 65.3 Å². The van der Waals surface area contributed by atoms with Crippen LogP contribution in [0.25, 0.3) is 0 Å². The van der Waals surface area contributed by atoms with Crippen LogP contribution in [0.4, 0.5) is 0 Å². The Morgan fingerprint density at radius 2 is 2.00 bits per heavy atom. The molecule has 62 valence electrons. The summed E-state index contributed by atoms with van der Waals surface area (Å²) in [4.78, 5) is 9.76. The van der Waals surface area contributed by atoms with Crippen molar-refractivity contribution in [2.45, 2.75) is 0 Å². The Morgan fingerprint density at radius 3 is 2.27 bits per heavy atom. The molecule has 0 bridgehead atoms. The minimum absolute atomic E-state index is 0.311. The molecule has 0 heterocycles. The number of carbonyl (C=O) groups is 1. The number of hydrogen-bond donors (Lipinski definition) is 1. The monoisotopic (exact) mass is 175 g/mol. The van der Waals surface area contributed by atoms with Crippen molar-refractivity contribution in [1.29, 1.82) is 0 Å². The van der Waals surface area contributed by atoms with E-state index in [4.69, 9.17) is 5.73 Å². The molecule has 4 nitrogen and oxygen atoms in total. The first-order valence-corrected chi connectivity index (χ1v) is 4.39. The number of carbonyl (C=O) groups excluding carboxylic acids is 1. The van der Waals surface area contributed by atoms with E-state index < -0.39 is 20.6 Å². The Morgan fingerprint density at radius 1 is 1.55 bits per heavy atom. The fraction of sp³-hybridized carbons (Fsp3) is 0.167. The predicted molar refractivity (Wildman–Crippen MR) is 42.3 cm³/mol. The minimum atomic E-state index is -3.60. The topological polar surface area (TPSA) is 77.2 Å². The molecule has 0 radical (unpaired) electrons. The van der Waals surface area contributed by atoms with Gasteiger partial charge < -0.3 is 5.73 Å². The van der Waals surface area contributed by atoms with E-state index in [1.807, 2.05) is 0 Å². The van der Waals surface area contributed by atoms with Gasteiger partial charge in [-0.15, -0.1) is 6.58 Å². The second-order valence-corrected chi connectivity index (χ2v) is 3.91. The first kappa shape index (κ1) is 9.90. The highest BCUT2D eigenvalue weighted by Crippen LogP contribution is 2.03. The van der Waals surface area contributed by atoms with Crippen LogP contribution in [0.1, 0.15) is 0 Å². The summed E-state index contributed by atoms with van der Waals surface area (Å²) in [7, 11) is -3.60. The van der Waals surface area contributed by atoms with Gasteiger partial charge in [0.25, 0.3) is 5.91 Å². The summed E-state index contributed by atoms with van der Waals surface area (Å²) >= 11 is 0. The van der Waals surface area contributed by atoms with E-state index in [0.29, 0.717) is 0 Å². The largest absolute Gasteiger partial charge is 0.365 e. The van der Waals surface area contributed by atoms with Crippen LogP contribution >= 0.6 is 0 Å². The molecule has 0 unspecified atom stereocenters. The Kier molecular flexibility index (Phi) is 3.00. The maximum atomic E-state index is 10.9. The van der Waals surface area contributed by atoms with Crippen LogP contribution in [0, 0.1) is 0 Å². The lowest BCUT2D eigenvalue weighted by molar-refractivity contribution is -0.113. The summed E-state index contributed by atoms with van der Waals surface area (Å²) in [5, 5.41) is 0. The van der Waals surface area contributed by atoms with Gasteiger partial charge in [0.1, 0.15) is 4.91 Å². The summed E-state index contributed by atoms with van der Waals surface area (Å²) in [5.41, 5.74) is 4.70. The molecule has 0 aliphatic carbocycles. The lowest BCUT2D eigenvalue weighted by atomic mass is 10.6. The van der Waals surface area contributed by atoms with Gasteiger partial charge >= 0.3 is 0 Å². The van der Waals surface area contributed by atoms with Crippen LogP contribution in [0.15, 0.2) is 24.1 Å². The van der Waals surface area contributed by atoms with E-state index in [2.05, 4.69) is 13.2 Å². The van der Waals surface area contributed by atoms with Gasteiger partial charge in [0.2, 0.25) is 0 Å². The molecule has 2 N–H and O–H groups in total. The second-order valence-electron chi connectivity index (χ2n) is 1.86. The van der Waals surface area contributed by atoms with Crippen molar-refractivity contribution in [3.63, 3.8) is 0 Å². The number of hydrogen-bond acceptors (Lipinski definition) is 3. The van der Waals surface area contributed by atoms with Crippen LogP contribution < -0.4 is 5.73 Å². The van der Waals surface area contributed by atoms with Crippen molar-refractivity contribution >= 4 is 15.7 Å². The van der Waals surface area contributed by atoms with E-state index in [9.17, 15) is 13.2 Å². The average Bonchev–Trinajstić information content (AvgIpc) is 1.86. The molecule has 0 aromatic carbocycles. The smallest absolute Gasteiger partial charge is 0.259 e. The molecule has 11 heavy (non-hydrogen) atoms. The third-order valence-electron chi connectivity index (χ3n) is 0.988. The zero-order chi connectivity index (χ0) is 9.07. The van der Waals surface area contributed by atoms with Crippen LogP contribution in [0.3, 0.4) is 0 Å². The van der Waals surface area contributed by atoms with Crippen molar-refractivity contribution in [3.05, 3.63) is 24.1 Å². The van der Waals surface area contributed by atoms with Crippen molar-refractivity contribution in [1.82, 2.24) is 0 Å². The normalized spacial score (nSPS) is 10.5. The highest BCUT2D eigenvalue weighted by Gasteiger charge is 2.17. The molecule has 0 atom stereocenters. The van der Waals surface area contributed by atoms with Crippen LogP contribution in [0.5, 0.6) is 0 Å². The van der Waals surface area contributed by atoms with Crippen molar-refractivity contribution in [2.24, 2.45) is 5.73 Å². The fourth-order valence-corrected chi connectivity index (χ4v) is 1.23. The fourth-order valence-electron chi connectivity index (χ4n) is 0.409. The third-order valence-corrected chi connectivity index (χ3v) is 2.61. The Hall–Kier alpha value is -1.10. The van der Waals surface area contributed by atoms with Crippen molar-refractivity contribution < 1.29 is 13.2 Å². The second kappa shape index (κ2) is 3.34. The van der Waals surface area contributed by atoms with E-state index in [1.54, 1.807) is 0 Å². The number of rotatable bonds is 4. The average molecular weight is 175 g/mol. The summed E-state index contributed by atoms with van der Waals surface area (Å²) in [6, 6.07) is 0. The van der Waals surface area contributed by atoms with Gasteiger partial charge in [0.15, 0.2) is 9.84 Å². The van der Waals surface area contributed by atoms with E-state index >= 15 is 0 Å². The molecule has 0 saturated carbocycles. The minimum Gasteiger partial charge on any atom is -0.365 e. The SMILES string of the molecule is C=CCS(=O)(=O)C(=C)C(N)=O. The molecule has 5 heteroatoms. The van der Waals surface area contributed by atoms with Crippen LogP contribution in [-0.4, -0.2) is 20.1 Å². The molecule has 0 aliphatic rings. The van der Waals surface area contributed by atoms with E-state index in [0.717, 1.165) is 0 Å². The Bertz CT molecular complexity index is 289. The lowest BCUT2D eigenvalue weighted by Crippen LogP contribution is -2.21. The molecule has 0 rings (SSSR count). The standard InChI is InChI=1S/C6H9NO3S/c1-3-4-11(9,10)5(2)6(7)8/h3H,1-2,4H2,(H2,7,8). The zero-order valence-electron chi connectivity index (χ0n) is 5.91. The van der Waals surface area contributed by atoms with Crippen LogP contribution in [-0.2, 0) is 14.6 Å². The molecule has 0 aromatic rings. The maximum Gasteiger partial charge on any atom is 0.259 e. The summed E-state index contributed by atoms with van der Waals surface area (Å²) < 4.78 is 21.8. The molecule has 0 saturated heterocycles. The first-order chi connectivity index (χ1) is 4.91. The molecular formula is C6H9NO3S. The molecule has 0 fully saturated rings. The van der Waals surface area contributed by atoms with Gasteiger partial charge in [0, 0.05) is 0 Å². The van der Waals surface area contributed by atoms with Gasteiger partial charge in [-0.25, -0.2) is 8.42 Å². The molecule has 1 amide bonds. The summed E-state index contributed by atoms with van der Waals surface area (Å²) in [6.45, 7) is 6.25. The quantitative estimate of drug-likeness (QED) is 0.466. The van der Waals surface area contributed by atoms with Crippen molar-refractivity contribution in [3.8, 4) is 0 Å². The van der Waals surface area contributed by atoms with Gasteiger partial charge in [-0.05, 0) is 0 Å². The first-order valence-electron chi connectivity index (χ1n) is 2.74. The van der Waals surface area contributed by atoms with Crippen molar-refractivity contribution in [2.75, 3.05) is 5.75 Å². The maximum absolute atomic E-state index is 10.9. The Balaban J connectivity index is 4.72. The summed E-state index contributed by atoms with van der Waals surface area (Å²) in [6.07, 6.45) is 1.17. The van der Waals surface area contributed by atoms with Gasteiger partial charge in [-0.1, -0.05) is 12.7 Å². The number of nitrogens with two attached hydrogens (primary N) is 1. The lowest BCUT2D eigenvalue weighted by Gasteiger charge is -1.98. The number of sulfone groups is 1. The number of primary amides is 1. The van der Waals surface area contributed by atoms with Crippen LogP contribution in [0.2, 0.25) is 0 Å². The predicted octanol–water partition coefficient (Wildman–Crippen LogP) is -0.414. The molecule has 0 spiro atoms. The van der Waals surface area contributed by atoms with Gasteiger partial charge in [-0.3, -0.25) is 4.79 Å². The van der Waals surface area contributed by atoms with Gasteiger partial charge in [-0.2, -0.15) is 0 Å². The highest BCUT2D eigenvalue weighted by molar-refractivity contribution is 7.96. The summed E-state index contributed by atoms with van der Waals surface area (Å²) in [5.74, 6) is -1.33.